The summed E-state index contributed by atoms with van der Waals surface area (Å²) < 4.78 is 8.66. The topological polar surface area (TPSA) is 124 Å². The summed E-state index contributed by atoms with van der Waals surface area (Å²) in [4.78, 5) is 34.5. The molecule has 6 nitrogen and oxygen atoms in total. The second-order valence-corrected chi connectivity index (χ2v) is 7.48. The van der Waals surface area contributed by atoms with Gasteiger partial charge < -0.3 is 29.1 Å². The van der Waals surface area contributed by atoms with E-state index in [0.717, 1.165) is 12.8 Å². The van der Waals surface area contributed by atoms with Crippen molar-refractivity contribution in [3.63, 3.8) is 0 Å². The Hall–Kier alpha value is 1.61. The molecule has 0 heterocycles. The minimum Gasteiger partial charge on any atom is -0.790 e. The molecule has 27 heavy (non-hydrogen) atoms. The first-order valence-corrected chi connectivity index (χ1v) is 11.2. The van der Waals surface area contributed by atoms with Gasteiger partial charge in [-0.25, -0.2) is 0 Å². The first-order valence-electron chi connectivity index (χ1n) is 9.72. The molecule has 0 aromatic rings. The molecule has 156 valence electrons. The molecule has 0 aliphatic heterocycles. The molecule has 0 bridgehead atoms. The number of hydrogen-bond acceptors (Lipinski definition) is 5. The van der Waals surface area contributed by atoms with Crippen molar-refractivity contribution in [1.82, 2.24) is 0 Å². The van der Waals surface area contributed by atoms with Gasteiger partial charge in [0.15, 0.2) is 0 Å². The van der Waals surface area contributed by atoms with Crippen molar-refractivity contribution in [2.24, 2.45) is 0 Å². The summed E-state index contributed by atoms with van der Waals surface area (Å²) in [6.07, 6.45) is 19.9. The smallest absolute Gasteiger partial charge is 0.790 e. The molecular weight excluding hydrogens is 408 g/mol. The second kappa shape index (κ2) is 27.6. The Bertz CT molecular complexity index is 340. The van der Waals surface area contributed by atoms with Gasteiger partial charge in [0.1, 0.15) is 0 Å². The number of aliphatic carboxylic acids is 1. The zero-order valence-corrected chi connectivity index (χ0v) is 19.6. The van der Waals surface area contributed by atoms with E-state index in [4.69, 9.17) is 19.2 Å². The van der Waals surface area contributed by atoms with Gasteiger partial charge in [0.2, 0.25) is 0 Å². The van der Waals surface area contributed by atoms with Crippen LogP contribution < -0.4 is 14.9 Å². The van der Waals surface area contributed by atoms with Crippen LogP contribution in [0.5, 0.6) is 0 Å². The molecular formula is C18H39CaMgO6P. The van der Waals surface area contributed by atoms with Crippen LogP contribution in [-0.2, 0) is 9.36 Å². The van der Waals surface area contributed by atoms with E-state index < -0.39 is 13.8 Å². The number of unbranched alkanes of at least 4 members (excludes halogenated alkanes) is 14. The fraction of sp³-hybridized carbons (Fsp3) is 0.944. The van der Waals surface area contributed by atoms with Gasteiger partial charge in [-0.3, -0.25) is 0 Å². The first-order chi connectivity index (χ1) is 11.8. The molecule has 0 rings (SSSR count). The molecule has 0 aromatic heterocycles. The summed E-state index contributed by atoms with van der Waals surface area (Å²) in [7, 11) is -5.14. The summed E-state index contributed by atoms with van der Waals surface area (Å²) >= 11 is 0. The molecule has 0 aliphatic rings. The Morgan fingerprint density at radius 1 is 0.778 bits per heavy atom. The Balaban J connectivity index is -0.000000195. The van der Waals surface area contributed by atoms with E-state index >= 15 is 0 Å². The van der Waals surface area contributed by atoms with Gasteiger partial charge in [0.05, 0.1) is 7.82 Å². The van der Waals surface area contributed by atoms with E-state index in [2.05, 4.69) is 6.92 Å². The third-order valence-electron chi connectivity index (χ3n) is 3.98. The van der Waals surface area contributed by atoms with Gasteiger partial charge >= 0.3 is 62.2 Å². The molecule has 0 saturated carbocycles. The SMILES string of the molecule is CCCCCCCCCCCCCCCCCC(=O)[O-].O=P([O-])([O-])O.[Ca+2].[H+].[MgH2]. The average Bonchev–Trinajstić information content (AvgIpc) is 2.49. The Morgan fingerprint density at radius 2 is 1.00 bits per heavy atom. The molecule has 0 spiro atoms. The van der Waals surface area contributed by atoms with Crippen molar-refractivity contribution in [3.05, 3.63) is 0 Å². The number of carbonyl (C=O) groups excluding carboxylic acids is 1. The predicted octanol–water partition coefficient (Wildman–Crippen LogP) is 1.62. The number of carbonyl (C=O) groups is 1. The van der Waals surface area contributed by atoms with Crippen LogP contribution in [0.1, 0.15) is 111 Å². The summed E-state index contributed by atoms with van der Waals surface area (Å²) in [5.41, 5.74) is 0. The van der Waals surface area contributed by atoms with Crippen LogP contribution >= 0.6 is 7.82 Å². The Kier molecular flexibility index (Phi) is 36.8. The van der Waals surface area contributed by atoms with E-state index in [1.54, 1.807) is 0 Å². The van der Waals surface area contributed by atoms with E-state index in [1.807, 2.05) is 0 Å². The van der Waals surface area contributed by atoms with Crippen molar-refractivity contribution >= 4 is 74.6 Å². The molecule has 0 fully saturated rings. The van der Waals surface area contributed by atoms with Crippen LogP contribution in [0.3, 0.4) is 0 Å². The number of hydrogen-bond donors (Lipinski definition) is 1. The number of phosphoric acid groups is 1. The van der Waals surface area contributed by atoms with Crippen LogP contribution in [-0.4, -0.2) is 71.7 Å². The molecule has 0 amide bonds. The Morgan fingerprint density at radius 3 is 1.22 bits per heavy atom. The van der Waals surface area contributed by atoms with Gasteiger partial charge in [0.25, 0.3) is 0 Å². The normalized spacial score (nSPS) is 10.2. The van der Waals surface area contributed by atoms with Gasteiger partial charge in [-0.1, -0.05) is 96.8 Å². The van der Waals surface area contributed by atoms with Crippen LogP contribution in [0, 0.1) is 0 Å². The largest absolute Gasteiger partial charge is 2.00 e. The number of carboxylic acid groups (broad SMARTS) is 1. The van der Waals surface area contributed by atoms with E-state index in [0.29, 0.717) is 0 Å². The molecule has 0 aromatic carbocycles. The second-order valence-electron chi connectivity index (χ2n) is 6.54. The summed E-state index contributed by atoms with van der Waals surface area (Å²) in [5.74, 6) is -0.903. The fourth-order valence-corrected chi connectivity index (χ4v) is 2.64. The maximum absolute atomic E-state index is 10.2. The zero-order chi connectivity index (χ0) is 19.4. The summed E-state index contributed by atoms with van der Waals surface area (Å²) in [6, 6.07) is 0. The van der Waals surface area contributed by atoms with Gasteiger partial charge in [0, 0.05) is 5.97 Å². The summed E-state index contributed by atoms with van der Waals surface area (Å²) in [6.45, 7) is 2.27. The van der Waals surface area contributed by atoms with E-state index in [-0.39, 0.29) is 68.6 Å². The third-order valence-corrected chi connectivity index (χ3v) is 3.98. The maximum Gasteiger partial charge on any atom is 2.00 e. The Labute approximate surface area is 213 Å². The molecule has 0 radical (unpaired) electrons. The van der Waals surface area contributed by atoms with Gasteiger partial charge in [-0.15, -0.1) is 0 Å². The van der Waals surface area contributed by atoms with Crippen molar-refractivity contribution in [2.45, 2.75) is 110 Å². The minimum atomic E-state index is -5.14. The van der Waals surface area contributed by atoms with Crippen LogP contribution in [0.2, 0.25) is 0 Å². The monoisotopic (exact) mass is 446 g/mol. The fourth-order valence-electron chi connectivity index (χ4n) is 2.64. The van der Waals surface area contributed by atoms with Crippen molar-refractivity contribution in [3.8, 4) is 0 Å². The molecule has 0 saturated heterocycles. The van der Waals surface area contributed by atoms with Crippen molar-refractivity contribution < 1.29 is 30.6 Å². The quantitative estimate of drug-likeness (QED) is 0.218. The maximum atomic E-state index is 10.2. The summed E-state index contributed by atoms with van der Waals surface area (Å²) in [5, 5.41) is 10.2. The van der Waals surface area contributed by atoms with Crippen LogP contribution in [0.4, 0.5) is 0 Å². The van der Waals surface area contributed by atoms with E-state index in [1.165, 1.54) is 83.5 Å². The molecule has 0 aliphatic carbocycles. The molecule has 1 N–H and O–H groups in total. The first kappa shape index (κ1) is 36.0. The van der Waals surface area contributed by atoms with Gasteiger partial charge in [-0.05, 0) is 12.8 Å². The van der Waals surface area contributed by atoms with Crippen molar-refractivity contribution in [1.29, 1.82) is 0 Å². The third kappa shape index (κ3) is 52.3. The predicted molar refractivity (Wildman–Crippen MR) is 110 cm³/mol. The molecule has 0 atom stereocenters. The van der Waals surface area contributed by atoms with Crippen molar-refractivity contribution in [2.75, 3.05) is 0 Å². The molecule has 9 heteroatoms. The van der Waals surface area contributed by atoms with E-state index in [9.17, 15) is 9.90 Å². The van der Waals surface area contributed by atoms with Gasteiger partial charge in [-0.2, -0.15) is 0 Å². The standard InChI is InChI=1S/C18H36O2.Ca.Mg.H3O4P.2H/c1-2-3-4-5-6-7-8-9-10-11-12-13-14-15-16-17-18(19)20;;;1-5(2,3)4;;/h2-17H2,1H3,(H,19,20);;;(H3,1,2,3,4);;/q;+2;;;;/p-2. The van der Waals surface area contributed by atoms with Crippen LogP contribution in [0.15, 0.2) is 0 Å². The molecule has 0 unspecified atom stereocenters. The van der Waals surface area contributed by atoms with Crippen LogP contribution in [0.25, 0.3) is 0 Å². The zero-order valence-electron chi connectivity index (χ0n) is 17.5. The average molecular weight is 447 g/mol. The number of carboxylic acids is 1. The number of rotatable bonds is 16. The minimum absolute atomic E-state index is 0.